The van der Waals surface area contributed by atoms with Gasteiger partial charge in [0.15, 0.2) is 11.5 Å². The monoisotopic (exact) mass is 546 g/mol. The minimum atomic E-state index is -1.02. The van der Waals surface area contributed by atoms with E-state index < -0.39 is 23.9 Å². The second-order valence-electron chi connectivity index (χ2n) is 9.05. The van der Waals surface area contributed by atoms with Gasteiger partial charge in [0.05, 0.1) is 30.8 Å². The van der Waals surface area contributed by atoms with Crippen LogP contribution in [0.4, 0.5) is 4.79 Å². The fourth-order valence-electron chi connectivity index (χ4n) is 4.70. The Morgan fingerprint density at radius 1 is 0.900 bits per heavy atom. The van der Waals surface area contributed by atoms with Crippen molar-refractivity contribution >= 4 is 23.1 Å². The summed E-state index contributed by atoms with van der Waals surface area (Å²) in [4.78, 5) is 38.7. The Kier molecular flexibility index (Phi) is 7.77. The number of aromatic nitrogens is 2. The van der Waals surface area contributed by atoms with E-state index in [0.717, 1.165) is 15.7 Å². The van der Waals surface area contributed by atoms with Crippen molar-refractivity contribution in [1.29, 1.82) is 0 Å². The minimum absolute atomic E-state index is 0.118. The standard InChI is InChI=1S/C30H30N2O8/c1-4-20-15-19(17-31-22-9-7-8-10-23(22)32(29(31)34)30(35)37-6-3)11-13-24(20)40-27(28(33)36-5-2)21-12-14-25-26(16-21)39-18-38-25/h7-16,27H,4-6,17-18H2,1-3H3. The van der Waals surface area contributed by atoms with Gasteiger partial charge in [0.1, 0.15) is 5.75 Å². The fraction of sp³-hybridized carbons (Fsp3) is 0.300. The van der Waals surface area contributed by atoms with E-state index in [1.807, 2.05) is 25.1 Å². The van der Waals surface area contributed by atoms with Crippen LogP contribution in [0.25, 0.3) is 11.0 Å². The van der Waals surface area contributed by atoms with Gasteiger partial charge in [-0.1, -0.05) is 37.3 Å². The molecule has 10 nitrogen and oxygen atoms in total. The Balaban J connectivity index is 1.47. The summed E-state index contributed by atoms with van der Waals surface area (Å²) in [6.07, 6.45) is -1.12. The molecule has 4 aromatic rings. The normalized spacial score (nSPS) is 12.8. The van der Waals surface area contributed by atoms with Crippen molar-refractivity contribution in [3.8, 4) is 17.2 Å². The van der Waals surface area contributed by atoms with E-state index in [0.29, 0.717) is 40.3 Å². The Hall–Kier alpha value is -4.73. The number of aryl methyl sites for hydroxylation is 1. The SMILES string of the molecule is CCOC(=O)C(Oc1ccc(Cn2c(=O)n(C(=O)OCC)c3ccccc32)cc1CC)c1ccc2c(c1)OCO2. The van der Waals surface area contributed by atoms with Crippen LogP contribution in [0.1, 0.15) is 43.6 Å². The molecule has 3 aromatic carbocycles. The summed E-state index contributed by atoms with van der Waals surface area (Å²) < 4.78 is 30.1. The molecule has 1 atom stereocenters. The zero-order valence-corrected chi connectivity index (χ0v) is 22.5. The molecule has 0 bridgehead atoms. The smallest absolute Gasteiger partial charge is 0.422 e. The van der Waals surface area contributed by atoms with Crippen molar-refractivity contribution in [2.24, 2.45) is 0 Å². The first-order chi connectivity index (χ1) is 19.4. The van der Waals surface area contributed by atoms with Crippen LogP contribution in [-0.4, -0.2) is 41.2 Å². The highest BCUT2D eigenvalue weighted by Crippen LogP contribution is 2.36. The predicted molar refractivity (Wildman–Crippen MR) is 146 cm³/mol. The molecule has 5 rings (SSSR count). The third-order valence-electron chi connectivity index (χ3n) is 6.58. The average Bonchev–Trinajstić information content (AvgIpc) is 3.54. The molecule has 2 heterocycles. The topological polar surface area (TPSA) is 107 Å². The van der Waals surface area contributed by atoms with Gasteiger partial charge in [-0.25, -0.2) is 14.4 Å². The average molecular weight is 547 g/mol. The molecule has 208 valence electrons. The number of imidazole rings is 1. The van der Waals surface area contributed by atoms with Crippen LogP contribution in [-0.2, 0) is 27.2 Å². The largest absolute Gasteiger partial charge is 0.474 e. The lowest BCUT2D eigenvalue weighted by Crippen LogP contribution is -2.30. The molecule has 0 saturated heterocycles. The number of hydrogen-bond donors (Lipinski definition) is 0. The maximum absolute atomic E-state index is 13.3. The zero-order valence-electron chi connectivity index (χ0n) is 22.5. The third kappa shape index (κ3) is 5.12. The summed E-state index contributed by atoms with van der Waals surface area (Å²) in [5.41, 5.74) is 2.85. The Morgan fingerprint density at radius 2 is 1.65 bits per heavy atom. The predicted octanol–water partition coefficient (Wildman–Crippen LogP) is 4.83. The van der Waals surface area contributed by atoms with Crippen LogP contribution in [0, 0.1) is 0 Å². The minimum Gasteiger partial charge on any atom is -0.474 e. The van der Waals surface area contributed by atoms with E-state index in [9.17, 15) is 14.4 Å². The van der Waals surface area contributed by atoms with E-state index in [1.54, 1.807) is 56.3 Å². The summed E-state index contributed by atoms with van der Waals surface area (Å²) >= 11 is 0. The lowest BCUT2D eigenvalue weighted by Gasteiger charge is -2.20. The number of rotatable bonds is 9. The van der Waals surface area contributed by atoms with Crippen molar-refractivity contribution in [1.82, 2.24) is 9.13 Å². The van der Waals surface area contributed by atoms with Gasteiger partial charge in [0.2, 0.25) is 12.9 Å². The van der Waals surface area contributed by atoms with Gasteiger partial charge in [-0.05, 0) is 61.7 Å². The van der Waals surface area contributed by atoms with Gasteiger partial charge in [-0.15, -0.1) is 0 Å². The fourth-order valence-corrected chi connectivity index (χ4v) is 4.70. The molecule has 1 aliphatic heterocycles. The molecule has 1 aromatic heterocycles. The number of hydrogen-bond acceptors (Lipinski definition) is 8. The molecule has 0 N–H and O–H groups in total. The number of carbonyl (C=O) groups is 2. The highest BCUT2D eigenvalue weighted by Gasteiger charge is 2.28. The lowest BCUT2D eigenvalue weighted by molar-refractivity contribution is -0.151. The molecule has 0 amide bonds. The van der Waals surface area contributed by atoms with Gasteiger partial charge in [-0.3, -0.25) is 4.57 Å². The molecule has 1 unspecified atom stereocenters. The van der Waals surface area contributed by atoms with E-state index in [4.69, 9.17) is 23.7 Å². The van der Waals surface area contributed by atoms with Crippen molar-refractivity contribution < 1.29 is 33.3 Å². The van der Waals surface area contributed by atoms with Crippen molar-refractivity contribution in [2.45, 2.75) is 39.8 Å². The van der Waals surface area contributed by atoms with Crippen LogP contribution in [0.15, 0.2) is 65.5 Å². The summed E-state index contributed by atoms with van der Waals surface area (Å²) in [5.74, 6) is 1.13. The molecular weight excluding hydrogens is 516 g/mol. The Morgan fingerprint density at radius 3 is 2.40 bits per heavy atom. The molecule has 0 aliphatic carbocycles. The highest BCUT2D eigenvalue weighted by atomic mass is 16.7. The molecule has 0 spiro atoms. The molecule has 0 fully saturated rings. The van der Waals surface area contributed by atoms with Crippen LogP contribution in [0.2, 0.25) is 0 Å². The second kappa shape index (κ2) is 11.6. The van der Waals surface area contributed by atoms with Gasteiger partial charge >= 0.3 is 17.8 Å². The van der Waals surface area contributed by atoms with Crippen molar-refractivity contribution in [3.05, 3.63) is 87.8 Å². The van der Waals surface area contributed by atoms with E-state index in [1.165, 1.54) is 4.57 Å². The van der Waals surface area contributed by atoms with E-state index >= 15 is 0 Å². The third-order valence-corrected chi connectivity index (χ3v) is 6.58. The first-order valence-electron chi connectivity index (χ1n) is 13.2. The van der Waals surface area contributed by atoms with Crippen LogP contribution in [0.5, 0.6) is 17.2 Å². The first-order valence-corrected chi connectivity index (χ1v) is 13.2. The maximum atomic E-state index is 13.3. The molecule has 0 radical (unpaired) electrons. The number of carbonyl (C=O) groups excluding carboxylic acids is 2. The molecule has 10 heteroatoms. The number of fused-ring (bicyclic) bond motifs is 2. The molecular formula is C30H30N2O8. The zero-order chi connectivity index (χ0) is 28.2. The van der Waals surface area contributed by atoms with E-state index in [-0.39, 0.29) is 26.6 Å². The van der Waals surface area contributed by atoms with Gasteiger partial charge in [0, 0.05) is 5.56 Å². The number of esters is 1. The molecule has 1 aliphatic rings. The summed E-state index contributed by atoms with van der Waals surface area (Å²) in [7, 11) is 0. The van der Waals surface area contributed by atoms with E-state index in [2.05, 4.69) is 0 Å². The summed E-state index contributed by atoms with van der Waals surface area (Å²) in [6.45, 7) is 6.11. The Bertz CT molecular complexity index is 1620. The second-order valence-corrected chi connectivity index (χ2v) is 9.05. The highest BCUT2D eigenvalue weighted by molar-refractivity contribution is 5.87. The maximum Gasteiger partial charge on any atom is 0.422 e. The molecule has 0 saturated carbocycles. The van der Waals surface area contributed by atoms with Crippen molar-refractivity contribution in [3.63, 3.8) is 0 Å². The van der Waals surface area contributed by atoms with Gasteiger partial charge < -0.3 is 23.7 Å². The number of benzene rings is 3. The van der Waals surface area contributed by atoms with Gasteiger partial charge in [0.25, 0.3) is 0 Å². The van der Waals surface area contributed by atoms with Crippen molar-refractivity contribution in [2.75, 3.05) is 20.0 Å². The van der Waals surface area contributed by atoms with Crippen LogP contribution < -0.4 is 19.9 Å². The summed E-state index contributed by atoms with van der Waals surface area (Å²) in [6, 6.07) is 17.8. The van der Waals surface area contributed by atoms with Crippen LogP contribution in [0.3, 0.4) is 0 Å². The number of para-hydroxylation sites is 2. The quantitative estimate of drug-likeness (QED) is 0.275. The van der Waals surface area contributed by atoms with Crippen LogP contribution >= 0.6 is 0 Å². The Labute approximate surface area is 230 Å². The number of ether oxygens (including phenoxy) is 5. The van der Waals surface area contributed by atoms with Gasteiger partial charge in [-0.2, -0.15) is 4.57 Å². The summed E-state index contributed by atoms with van der Waals surface area (Å²) in [5, 5.41) is 0. The first kappa shape index (κ1) is 26.9. The lowest BCUT2D eigenvalue weighted by atomic mass is 10.1. The molecule has 40 heavy (non-hydrogen) atoms. The number of nitrogens with zero attached hydrogens (tertiary/aromatic N) is 2.